The van der Waals surface area contributed by atoms with E-state index in [0.717, 1.165) is 12.1 Å². The number of ketones is 1. The fraction of sp³-hybridized carbons (Fsp3) is 0.206. The molecular formula is C34H25BrClFN2O5. The van der Waals surface area contributed by atoms with E-state index in [4.69, 9.17) is 21.3 Å². The first-order valence-electron chi connectivity index (χ1n) is 14.1. The molecule has 3 unspecified atom stereocenters. The molecule has 1 fully saturated rings. The van der Waals surface area contributed by atoms with Crippen LogP contribution in [-0.2, 0) is 14.3 Å². The Morgan fingerprint density at radius 3 is 2.25 bits per heavy atom. The Labute approximate surface area is 265 Å². The number of halogens is 3. The molecule has 0 saturated carbocycles. The highest BCUT2D eigenvalue weighted by molar-refractivity contribution is 9.10. The number of aromatic nitrogens is 1. The predicted octanol–water partition coefficient (Wildman–Crippen LogP) is 7.30. The normalized spacial score (nSPS) is 18.4. The number of nitrogens with zero attached hydrogens (tertiary/aromatic N) is 2. The topological polar surface area (TPSA) is 93.6 Å². The SMILES string of the molecule is O=C(OC(CCCl)C(=O)c1ccc(F)cc1)c1cc(-c2ccc(N3C(=O)C4CC=CCC4C3=O)cc2)nc2ccc(Br)cc12. The third kappa shape index (κ3) is 5.69. The maximum absolute atomic E-state index is 13.6. The first kappa shape index (κ1) is 29.8. The van der Waals surface area contributed by atoms with Crippen molar-refractivity contribution >= 4 is 67.7 Å². The number of anilines is 1. The lowest BCUT2D eigenvalue weighted by atomic mass is 9.85. The molecule has 6 rings (SSSR count). The van der Waals surface area contributed by atoms with Crippen LogP contribution in [0.3, 0.4) is 0 Å². The van der Waals surface area contributed by atoms with E-state index in [9.17, 15) is 23.6 Å². The third-order valence-corrected chi connectivity index (χ3v) is 8.67. The summed E-state index contributed by atoms with van der Waals surface area (Å²) in [6.45, 7) is 0. The predicted molar refractivity (Wildman–Crippen MR) is 168 cm³/mol. The van der Waals surface area contributed by atoms with Crippen molar-refractivity contribution in [1.29, 1.82) is 0 Å². The smallest absolute Gasteiger partial charge is 0.339 e. The fourth-order valence-corrected chi connectivity index (χ4v) is 6.25. The van der Waals surface area contributed by atoms with Crippen molar-refractivity contribution in [2.24, 2.45) is 11.8 Å². The molecule has 1 aliphatic heterocycles. The number of alkyl halides is 1. The van der Waals surface area contributed by atoms with Gasteiger partial charge in [-0.3, -0.25) is 19.3 Å². The highest BCUT2D eigenvalue weighted by Crippen LogP contribution is 2.38. The number of amides is 2. The van der Waals surface area contributed by atoms with Gasteiger partial charge in [0.25, 0.3) is 0 Å². The average Bonchev–Trinajstić information content (AvgIpc) is 3.29. The standard InChI is InChI=1S/C34H25BrClFN2O5/c35-21-9-14-28-26(17-21)27(34(43)44-30(15-16-36)31(40)20-5-10-22(37)11-6-20)18-29(38-28)19-7-12-23(13-8-19)39-32(41)24-3-1-2-4-25(24)33(39)42/h1-2,5-14,17-18,24-25,30H,3-4,15-16H2. The molecule has 0 spiro atoms. The second-order valence-electron chi connectivity index (χ2n) is 10.7. The van der Waals surface area contributed by atoms with Gasteiger partial charge >= 0.3 is 5.97 Å². The highest BCUT2D eigenvalue weighted by Gasteiger charge is 2.47. The minimum atomic E-state index is -1.18. The molecule has 0 bridgehead atoms. The number of Topliss-reactive ketones (excluding diaryl/α,β-unsaturated/α-hetero) is 1. The zero-order valence-corrected chi connectivity index (χ0v) is 25.6. The van der Waals surface area contributed by atoms with Crippen molar-refractivity contribution in [3.05, 3.63) is 106 Å². The number of imide groups is 1. The number of carbonyl (C=O) groups is 4. The number of carbonyl (C=O) groups excluding carboxylic acids is 4. The molecule has 3 aromatic carbocycles. The number of allylic oxidation sites excluding steroid dienone is 2. The summed E-state index contributed by atoms with van der Waals surface area (Å²) in [6, 6.07) is 18.7. The van der Waals surface area contributed by atoms with Crippen LogP contribution < -0.4 is 4.90 Å². The summed E-state index contributed by atoms with van der Waals surface area (Å²) in [6.07, 6.45) is 3.89. The summed E-state index contributed by atoms with van der Waals surface area (Å²) in [5, 5.41) is 0.507. The minimum absolute atomic E-state index is 0.0607. The largest absolute Gasteiger partial charge is 0.450 e. The molecule has 2 aliphatic rings. The lowest BCUT2D eigenvalue weighted by Gasteiger charge is -2.18. The van der Waals surface area contributed by atoms with Crippen LogP contribution in [0.1, 0.15) is 40.0 Å². The molecule has 1 saturated heterocycles. The Morgan fingerprint density at radius 1 is 0.955 bits per heavy atom. The molecule has 3 atom stereocenters. The number of hydrogen-bond donors (Lipinski definition) is 0. The number of fused-ring (bicyclic) bond motifs is 2. The lowest BCUT2D eigenvalue weighted by Crippen LogP contribution is -2.30. The Hall–Kier alpha value is -4.21. The monoisotopic (exact) mass is 674 g/mol. The summed E-state index contributed by atoms with van der Waals surface area (Å²) in [5.41, 5.74) is 2.47. The quantitative estimate of drug-likeness (QED) is 0.0640. The fourth-order valence-electron chi connectivity index (χ4n) is 5.69. The van der Waals surface area contributed by atoms with E-state index in [-0.39, 0.29) is 47.1 Å². The Morgan fingerprint density at radius 2 is 1.61 bits per heavy atom. The first-order valence-corrected chi connectivity index (χ1v) is 15.4. The van der Waals surface area contributed by atoms with Gasteiger partial charge in [-0.05, 0) is 73.5 Å². The molecule has 44 heavy (non-hydrogen) atoms. The maximum atomic E-state index is 13.6. The van der Waals surface area contributed by atoms with Gasteiger partial charge in [0.15, 0.2) is 6.10 Å². The summed E-state index contributed by atoms with van der Waals surface area (Å²) in [7, 11) is 0. The highest BCUT2D eigenvalue weighted by atomic mass is 79.9. The van der Waals surface area contributed by atoms with Gasteiger partial charge in [0.2, 0.25) is 17.6 Å². The summed E-state index contributed by atoms with van der Waals surface area (Å²) < 4.78 is 19.9. The first-order chi connectivity index (χ1) is 21.2. The Balaban J connectivity index is 1.32. The lowest BCUT2D eigenvalue weighted by molar-refractivity contribution is -0.122. The number of pyridine rings is 1. The molecule has 1 aliphatic carbocycles. The molecule has 7 nitrogen and oxygen atoms in total. The van der Waals surface area contributed by atoms with Crippen LogP contribution in [0.2, 0.25) is 0 Å². The van der Waals surface area contributed by atoms with Crippen LogP contribution in [0.25, 0.3) is 22.2 Å². The molecule has 2 heterocycles. The van der Waals surface area contributed by atoms with E-state index in [1.54, 1.807) is 48.5 Å². The Kier molecular flexibility index (Phi) is 8.42. The summed E-state index contributed by atoms with van der Waals surface area (Å²) >= 11 is 9.39. The second kappa shape index (κ2) is 12.4. The molecule has 10 heteroatoms. The summed E-state index contributed by atoms with van der Waals surface area (Å²) in [5.74, 6) is -2.73. The number of rotatable bonds is 8. The molecular weight excluding hydrogens is 651 g/mol. The van der Waals surface area contributed by atoms with Gasteiger partial charge in [-0.1, -0.05) is 40.2 Å². The van der Waals surface area contributed by atoms with Crippen molar-refractivity contribution in [2.45, 2.75) is 25.4 Å². The van der Waals surface area contributed by atoms with Gasteiger partial charge in [-0.15, -0.1) is 11.6 Å². The van der Waals surface area contributed by atoms with Crippen molar-refractivity contribution in [1.82, 2.24) is 4.98 Å². The maximum Gasteiger partial charge on any atom is 0.339 e. The van der Waals surface area contributed by atoms with Gasteiger partial charge in [0.05, 0.1) is 34.3 Å². The van der Waals surface area contributed by atoms with Crippen molar-refractivity contribution in [3.8, 4) is 11.3 Å². The zero-order valence-electron chi connectivity index (χ0n) is 23.2. The van der Waals surface area contributed by atoms with Crippen LogP contribution >= 0.6 is 27.5 Å². The van der Waals surface area contributed by atoms with Gasteiger partial charge in [0.1, 0.15) is 5.82 Å². The molecule has 0 N–H and O–H groups in total. The summed E-state index contributed by atoms with van der Waals surface area (Å²) in [4.78, 5) is 58.9. The number of hydrogen-bond acceptors (Lipinski definition) is 6. The van der Waals surface area contributed by atoms with E-state index >= 15 is 0 Å². The van der Waals surface area contributed by atoms with Crippen LogP contribution in [-0.4, -0.2) is 40.5 Å². The van der Waals surface area contributed by atoms with Crippen molar-refractivity contribution in [3.63, 3.8) is 0 Å². The van der Waals surface area contributed by atoms with Crippen LogP contribution in [0.15, 0.2) is 89.4 Å². The minimum Gasteiger partial charge on any atom is -0.450 e. The molecule has 222 valence electrons. The molecule has 0 radical (unpaired) electrons. The van der Waals surface area contributed by atoms with E-state index in [1.165, 1.54) is 17.0 Å². The van der Waals surface area contributed by atoms with E-state index in [0.29, 0.717) is 45.2 Å². The van der Waals surface area contributed by atoms with E-state index < -0.39 is 23.7 Å². The molecule has 4 aromatic rings. The van der Waals surface area contributed by atoms with Crippen LogP contribution in [0.4, 0.5) is 10.1 Å². The van der Waals surface area contributed by atoms with Gasteiger partial charge in [-0.25, -0.2) is 14.2 Å². The number of benzene rings is 3. The second-order valence-corrected chi connectivity index (χ2v) is 12.0. The van der Waals surface area contributed by atoms with Crippen molar-refractivity contribution < 1.29 is 28.3 Å². The van der Waals surface area contributed by atoms with Crippen molar-refractivity contribution in [2.75, 3.05) is 10.8 Å². The Bertz CT molecular complexity index is 1800. The van der Waals surface area contributed by atoms with E-state index in [2.05, 4.69) is 15.9 Å². The van der Waals surface area contributed by atoms with Gasteiger partial charge in [0, 0.05) is 33.3 Å². The third-order valence-electron chi connectivity index (χ3n) is 7.96. The van der Waals surface area contributed by atoms with Gasteiger partial charge < -0.3 is 4.74 Å². The van der Waals surface area contributed by atoms with E-state index in [1.807, 2.05) is 12.2 Å². The molecule has 1 aromatic heterocycles. The zero-order chi connectivity index (χ0) is 31.0. The van der Waals surface area contributed by atoms with Crippen LogP contribution in [0, 0.1) is 17.7 Å². The average molecular weight is 676 g/mol. The van der Waals surface area contributed by atoms with Gasteiger partial charge in [-0.2, -0.15) is 0 Å². The van der Waals surface area contributed by atoms with Crippen LogP contribution in [0.5, 0.6) is 0 Å². The molecule has 2 amide bonds. The number of ether oxygens (including phenoxy) is 1. The number of esters is 1.